The highest BCUT2D eigenvalue weighted by Gasteiger charge is 2.03. The zero-order chi connectivity index (χ0) is 14.2. The van der Waals surface area contributed by atoms with E-state index in [0.717, 1.165) is 23.5 Å². The van der Waals surface area contributed by atoms with Gasteiger partial charge in [0.25, 0.3) is 0 Å². The van der Waals surface area contributed by atoms with E-state index in [1.165, 1.54) is 30.4 Å². The van der Waals surface area contributed by atoms with E-state index in [4.69, 9.17) is 4.74 Å². The van der Waals surface area contributed by atoms with Crippen molar-refractivity contribution < 1.29 is 4.74 Å². The molecule has 0 unspecified atom stereocenters. The van der Waals surface area contributed by atoms with Crippen LogP contribution in [-0.2, 0) is 0 Å². The number of aromatic nitrogens is 1. The Morgan fingerprint density at radius 2 is 2.10 bits per heavy atom. The molecular weight excluding hydrogens is 268 g/mol. The van der Waals surface area contributed by atoms with Crippen molar-refractivity contribution in [2.45, 2.75) is 19.3 Å². The van der Waals surface area contributed by atoms with Crippen LogP contribution >= 0.6 is 11.8 Å². The Morgan fingerprint density at radius 3 is 2.90 bits per heavy atom. The lowest BCUT2D eigenvalue weighted by molar-refractivity contribution is 0.415. The normalized spacial score (nSPS) is 10.7. The molecule has 1 heterocycles. The van der Waals surface area contributed by atoms with E-state index >= 15 is 0 Å². The maximum absolute atomic E-state index is 5.29. The molecule has 2 rings (SSSR count). The summed E-state index contributed by atoms with van der Waals surface area (Å²) in [5, 5.41) is 5.75. The number of fused-ring (bicyclic) bond motifs is 1. The van der Waals surface area contributed by atoms with Gasteiger partial charge in [-0.15, -0.1) is 0 Å². The molecule has 0 bridgehead atoms. The van der Waals surface area contributed by atoms with Crippen molar-refractivity contribution >= 4 is 28.4 Å². The van der Waals surface area contributed by atoms with Crippen molar-refractivity contribution in [3.05, 3.63) is 30.5 Å². The van der Waals surface area contributed by atoms with Crippen molar-refractivity contribution in [2.75, 3.05) is 31.0 Å². The van der Waals surface area contributed by atoms with Crippen LogP contribution in [0.1, 0.15) is 19.3 Å². The zero-order valence-corrected chi connectivity index (χ0v) is 13.0. The molecule has 0 amide bonds. The van der Waals surface area contributed by atoms with Gasteiger partial charge in [0.2, 0.25) is 0 Å². The quantitative estimate of drug-likeness (QED) is 0.739. The summed E-state index contributed by atoms with van der Waals surface area (Å²) in [6.45, 7) is 0.970. The van der Waals surface area contributed by atoms with Gasteiger partial charge in [-0.05, 0) is 48.4 Å². The number of pyridine rings is 1. The minimum atomic E-state index is 0.869. The summed E-state index contributed by atoms with van der Waals surface area (Å²) in [6.07, 6.45) is 7.75. The third kappa shape index (κ3) is 4.04. The first kappa shape index (κ1) is 15.0. The Labute approximate surface area is 125 Å². The van der Waals surface area contributed by atoms with Crippen LogP contribution in [0.3, 0.4) is 0 Å². The fraction of sp³-hybridized carbons (Fsp3) is 0.438. The molecule has 0 aliphatic rings. The molecule has 2 aromatic rings. The molecule has 108 valence electrons. The summed E-state index contributed by atoms with van der Waals surface area (Å²) in [7, 11) is 1.69. The molecule has 0 aliphatic heterocycles. The molecule has 0 radical (unpaired) electrons. The highest BCUT2D eigenvalue weighted by Crippen LogP contribution is 2.25. The molecule has 0 fully saturated rings. The van der Waals surface area contributed by atoms with E-state index in [-0.39, 0.29) is 0 Å². The van der Waals surface area contributed by atoms with Crippen molar-refractivity contribution in [3.8, 4) is 5.75 Å². The zero-order valence-electron chi connectivity index (χ0n) is 12.2. The van der Waals surface area contributed by atoms with Crippen LogP contribution in [0.5, 0.6) is 5.75 Å². The summed E-state index contributed by atoms with van der Waals surface area (Å²) in [6, 6.07) is 8.12. The molecular formula is C16H22N2OS. The fourth-order valence-corrected chi connectivity index (χ4v) is 2.66. The van der Waals surface area contributed by atoms with Gasteiger partial charge in [-0.2, -0.15) is 11.8 Å². The largest absolute Gasteiger partial charge is 0.497 e. The molecule has 0 spiro atoms. The number of methoxy groups -OCH3 is 1. The van der Waals surface area contributed by atoms with E-state index in [1.807, 2.05) is 36.2 Å². The smallest absolute Gasteiger partial charge is 0.133 e. The number of rotatable bonds is 8. The number of hydrogen-bond acceptors (Lipinski definition) is 4. The maximum Gasteiger partial charge on any atom is 0.133 e. The summed E-state index contributed by atoms with van der Waals surface area (Å²) in [5.41, 5.74) is 0. The Hall–Kier alpha value is -1.42. The predicted octanol–water partition coefficient (Wildman–Crippen LogP) is 4.19. The first-order valence-electron chi connectivity index (χ1n) is 7.00. The van der Waals surface area contributed by atoms with Crippen LogP contribution in [-0.4, -0.2) is 30.6 Å². The molecule has 0 saturated carbocycles. The maximum atomic E-state index is 5.29. The first-order chi connectivity index (χ1) is 9.85. The Kier molecular flexibility index (Phi) is 5.99. The lowest BCUT2D eigenvalue weighted by Gasteiger charge is -2.09. The van der Waals surface area contributed by atoms with E-state index in [9.17, 15) is 0 Å². The lowest BCUT2D eigenvalue weighted by Crippen LogP contribution is -2.04. The van der Waals surface area contributed by atoms with Crippen LogP contribution < -0.4 is 10.1 Å². The van der Waals surface area contributed by atoms with Crippen molar-refractivity contribution in [2.24, 2.45) is 0 Å². The average Bonchev–Trinajstić information content (AvgIpc) is 2.50. The third-order valence-corrected chi connectivity index (χ3v) is 3.99. The second-order valence-corrected chi connectivity index (χ2v) is 5.71. The van der Waals surface area contributed by atoms with Crippen LogP contribution in [0.4, 0.5) is 5.82 Å². The van der Waals surface area contributed by atoms with Gasteiger partial charge in [0.1, 0.15) is 11.6 Å². The van der Waals surface area contributed by atoms with E-state index in [2.05, 4.69) is 22.6 Å². The molecule has 1 aromatic carbocycles. The molecule has 1 aromatic heterocycles. The highest BCUT2D eigenvalue weighted by molar-refractivity contribution is 7.98. The monoisotopic (exact) mass is 290 g/mol. The summed E-state index contributed by atoms with van der Waals surface area (Å²) >= 11 is 1.92. The minimum absolute atomic E-state index is 0.869. The summed E-state index contributed by atoms with van der Waals surface area (Å²) < 4.78 is 5.29. The molecule has 20 heavy (non-hydrogen) atoms. The van der Waals surface area contributed by atoms with Gasteiger partial charge in [-0.1, -0.05) is 12.5 Å². The van der Waals surface area contributed by atoms with E-state index in [1.54, 1.807) is 7.11 Å². The van der Waals surface area contributed by atoms with E-state index < -0.39 is 0 Å². The number of anilines is 1. The Morgan fingerprint density at radius 1 is 1.20 bits per heavy atom. The predicted molar refractivity (Wildman–Crippen MR) is 89.0 cm³/mol. The number of thioether (sulfide) groups is 1. The SMILES string of the molecule is COc1ccc2ccnc(NCCCCCSC)c2c1. The number of nitrogens with one attached hydrogen (secondary N) is 1. The summed E-state index contributed by atoms with van der Waals surface area (Å²) in [5.74, 6) is 3.07. The second kappa shape index (κ2) is 8.00. The number of hydrogen-bond donors (Lipinski definition) is 1. The minimum Gasteiger partial charge on any atom is -0.497 e. The molecule has 0 atom stereocenters. The molecule has 1 N–H and O–H groups in total. The van der Waals surface area contributed by atoms with Gasteiger partial charge in [0.15, 0.2) is 0 Å². The Balaban J connectivity index is 1.98. The topological polar surface area (TPSA) is 34.1 Å². The fourth-order valence-electron chi connectivity index (χ4n) is 2.17. The summed E-state index contributed by atoms with van der Waals surface area (Å²) in [4.78, 5) is 4.45. The molecule has 3 nitrogen and oxygen atoms in total. The Bertz CT molecular complexity index is 545. The van der Waals surface area contributed by atoms with Gasteiger partial charge in [-0.3, -0.25) is 0 Å². The van der Waals surface area contributed by atoms with Crippen LogP contribution in [0.15, 0.2) is 30.5 Å². The van der Waals surface area contributed by atoms with Gasteiger partial charge >= 0.3 is 0 Å². The van der Waals surface area contributed by atoms with Crippen LogP contribution in [0.2, 0.25) is 0 Å². The molecule has 4 heteroatoms. The number of benzene rings is 1. The van der Waals surface area contributed by atoms with Crippen molar-refractivity contribution in [1.82, 2.24) is 4.98 Å². The van der Waals surface area contributed by atoms with Gasteiger partial charge < -0.3 is 10.1 Å². The molecule has 0 aliphatic carbocycles. The lowest BCUT2D eigenvalue weighted by atomic mass is 10.1. The molecule has 0 saturated heterocycles. The number of unbranched alkanes of at least 4 members (excludes halogenated alkanes) is 2. The van der Waals surface area contributed by atoms with Gasteiger partial charge in [-0.25, -0.2) is 4.98 Å². The third-order valence-electron chi connectivity index (χ3n) is 3.29. The van der Waals surface area contributed by atoms with Crippen LogP contribution in [0, 0.1) is 0 Å². The number of ether oxygens (including phenoxy) is 1. The van der Waals surface area contributed by atoms with Crippen LogP contribution in [0.25, 0.3) is 10.8 Å². The second-order valence-electron chi connectivity index (χ2n) is 4.73. The van der Waals surface area contributed by atoms with Gasteiger partial charge in [0.05, 0.1) is 7.11 Å². The highest BCUT2D eigenvalue weighted by atomic mass is 32.2. The van der Waals surface area contributed by atoms with Crippen molar-refractivity contribution in [1.29, 1.82) is 0 Å². The van der Waals surface area contributed by atoms with Gasteiger partial charge in [0, 0.05) is 18.1 Å². The van der Waals surface area contributed by atoms with Crippen molar-refractivity contribution in [3.63, 3.8) is 0 Å². The standard InChI is InChI=1S/C16H22N2OS/c1-19-14-7-6-13-8-10-18-16(15(13)12-14)17-9-4-3-5-11-20-2/h6-8,10,12H,3-5,9,11H2,1-2H3,(H,17,18). The van der Waals surface area contributed by atoms with E-state index in [0.29, 0.717) is 0 Å². The first-order valence-corrected chi connectivity index (χ1v) is 8.40. The number of nitrogens with zero attached hydrogens (tertiary/aromatic N) is 1. The average molecular weight is 290 g/mol.